The minimum Gasteiger partial charge on any atom is -0.346 e. The van der Waals surface area contributed by atoms with E-state index in [0.717, 1.165) is 5.82 Å². The fourth-order valence-electron chi connectivity index (χ4n) is 0.833. The van der Waals surface area contributed by atoms with Crippen LogP contribution in [0.25, 0.3) is 0 Å². The SMILES string of the molecule is C#CC(C)N(C)c1ccnc(Cl)n1. The molecule has 1 aromatic rings. The molecular weight excluding hydrogens is 186 g/mol. The van der Waals surface area contributed by atoms with Gasteiger partial charge in [0.05, 0.1) is 6.04 Å². The normalized spacial score (nSPS) is 11.8. The number of terminal acetylenes is 1. The van der Waals surface area contributed by atoms with Crippen LogP contribution in [-0.2, 0) is 0 Å². The van der Waals surface area contributed by atoms with Gasteiger partial charge in [-0.3, -0.25) is 0 Å². The van der Waals surface area contributed by atoms with Crippen LogP contribution in [-0.4, -0.2) is 23.1 Å². The topological polar surface area (TPSA) is 29.0 Å². The molecule has 0 spiro atoms. The molecule has 1 atom stereocenters. The van der Waals surface area contributed by atoms with Gasteiger partial charge in [0, 0.05) is 13.2 Å². The fraction of sp³-hybridized carbons (Fsp3) is 0.333. The third kappa shape index (κ3) is 2.33. The van der Waals surface area contributed by atoms with Gasteiger partial charge in [-0.25, -0.2) is 9.97 Å². The van der Waals surface area contributed by atoms with E-state index in [1.54, 1.807) is 12.3 Å². The molecule has 1 rings (SSSR count). The zero-order valence-corrected chi connectivity index (χ0v) is 8.28. The van der Waals surface area contributed by atoms with E-state index in [1.807, 2.05) is 18.9 Å². The molecule has 68 valence electrons. The molecule has 3 nitrogen and oxygen atoms in total. The molecule has 0 aliphatic carbocycles. The molecule has 0 N–H and O–H groups in total. The maximum absolute atomic E-state index is 5.64. The molecule has 0 saturated heterocycles. The van der Waals surface area contributed by atoms with Crippen LogP contribution in [0, 0.1) is 12.3 Å². The first-order valence-corrected chi connectivity index (χ1v) is 4.20. The van der Waals surface area contributed by atoms with Crippen LogP contribution >= 0.6 is 11.6 Å². The van der Waals surface area contributed by atoms with E-state index in [0.29, 0.717) is 0 Å². The lowest BCUT2D eigenvalue weighted by molar-refractivity contribution is 0.826. The first-order chi connectivity index (χ1) is 6.15. The first kappa shape index (κ1) is 9.82. The van der Waals surface area contributed by atoms with Gasteiger partial charge in [-0.05, 0) is 24.6 Å². The monoisotopic (exact) mass is 195 g/mol. The third-order valence-electron chi connectivity index (χ3n) is 1.79. The Hall–Kier alpha value is -1.27. The van der Waals surface area contributed by atoms with Crippen LogP contribution in [0.15, 0.2) is 12.3 Å². The largest absolute Gasteiger partial charge is 0.346 e. The van der Waals surface area contributed by atoms with E-state index in [2.05, 4.69) is 15.9 Å². The second kappa shape index (κ2) is 4.11. The standard InChI is InChI=1S/C9H10ClN3/c1-4-7(2)13(3)8-5-6-11-9(10)12-8/h1,5-7H,2-3H3. The van der Waals surface area contributed by atoms with E-state index >= 15 is 0 Å². The van der Waals surface area contributed by atoms with Crippen molar-refractivity contribution in [3.8, 4) is 12.3 Å². The van der Waals surface area contributed by atoms with Crippen molar-refractivity contribution < 1.29 is 0 Å². The summed E-state index contributed by atoms with van der Waals surface area (Å²) in [4.78, 5) is 9.66. The van der Waals surface area contributed by atoms with Crippen LogP contribution in [0.4, 0.5) is 5.82 Å². The van der Waals surface area contributed by atoms with Gasteiger partial charge in [0.2, 0.25) is 5.28 Å². The van der Waals surface area contributed by atoms with Crippen molar-refractivity contribution in [1.82, 2.24) is 9.97 Å². The van der Waals surface area contributed by atoms with Crippen molar-refractivity contribution in [2.24, 2.45) is 0 Å². The van der Waals surface area contributed by atoms with Gasteiger partial charge in [-0.15, -0.1) is 6.42 Å². The van der Waals surface area contributed by atoms with E-state index in [4.69, 9.17) is 18.0 Å². The smallest absolute Gasteiger partial charge is 0.224 e. The number of nitrogens with zero attached hydrogens (tertiary/aromatic N) is 3. The summed E-state index contributed by atoms with van der Waals surface area (Å²) in [6.45, 7) is 1.91. The van der Waals surface area contributed by atoms with E-state index in [1.165, 1.54) is 0 Å². The lowest BCUT2D eigenvalue weighted by atomic mass is 10.3. The maximum atomic E-state index is 5.64. The van der Waals surface area contributed by atoms with Gasteiger partial charge in [-0.2, -0.15) is 0 Å². The lowest BCUT2D eigenvalue weighted by Gasteiger charge is -2.21. The van der Waals surface area contributed by atoms with Gasteiger partial charge in [0.1, 0.15) is 5.82 Å². The van der Waals surface area contributed by atoms with Crippen molar-refractivity contribution in [3.63, 3.8) is 0 Å². The summed E-state index contributed by atoms with van der Waals surface area (Å²) in [6.07, 6.45) is 6.88. The second-order valence-corrected chi connectivity index (χ2v) is 2.98. The molecule has 4 heteroatoms. The predicted molar refractivity (Wildman–Crippen MR) is 53.7 cm³/mol. The van der Waals surface area contributed by atoms with E-state index < -0.39 is 0 Å². The van der Waals surface area contributed by atoms with Gasteiger partial charge in [0.15, 0.2) is 0 Å². The fourth-order valence-corrected chi connectivity index (χ4v) is 0.976. The van der Waals surface area contributed by atoms with Crippen LogP contribution in [0.1, 0.15) is 6.92 Å². The van der Waals surface area contributed by atoms with Gasteiger partial charge < -0.3 is 4.90 Å². The minimum atomic E-state index is -0.00836. The minimum absolute atomic E-state index is 0.00836. The highest BCUT2D eigenvalue weighted by atomic mass is 35.5. The Morgan fingerprint density at radius 3 is 2.92 bits per heavy atom. The van der Waals surface area contributed by atoms with E-state index in [9.17, 15) is 0 Å². The summed E-state index contributed by atoms with van der Waals surface area (Å²) >= 11 is 5.64. The second-order valence-electron chi connectivity index (χ2n) is 2.64. The average molecular weight is 196 g/mol. The molecule has 1 heterocycles. The molecule has 1 unspecified atom stereocenters. The maximum Gasteiger partial charge on any atom is 0.224 e. The molecule has 0 aromatic carbocycles. The van der Waals surface area contributed by atoms with Crippen LogP contribution in [0.5, 0.6) is 0 Å². The highest BCUT2D eigenvalue weighted by molar-refractivity contribution is 6.28. The molecule has 0 aliphatic rings. The van der Waals surface area contributed by atoms with Crippen molar-refractivity contribution in [3.05, 3.63) is 17.5 Å². The van der Waals surface area contributed by atoms with Crippen LogP contribution in [0.2, 0.25) is 5.28 Å². The Bertz CT molecular complexity index is 332. The molecule has 1 aromatic heterocycles. The summed E-state index contributed by atoms with van der Waals surface area (Å²) in [7, 11) is 1.86. The zero-order valence-electron chi connectivity index (χ0n) is 7.53. The molecule has 13 heavy (non-hydrogen) atoms. The Labute approximate surface area is 82.8 Å². The molecule has 0 saturated carbocycles. The molecule has 0 amide bonds. The number of hydrogen-bond acceptors (Lipinski definition) is 3. The molecule has 0 aliphatic heterocycles. The number of anilines is 1. The summed E-state index contributed by atoms with van der Waals surface area (Å²) in [5.41, 5.74) is 0. The number of aromatic nitrogens is 2. The summed E-state index contributed by atoms with van der Waals surface area (Å²) in [5, 5.41) is 0.230. The van der Waals surface area contributed by atoms with Gasteiger partial charge in [-0.1, -0.05) is 5.92 Å². The highest BCUT2D eigenvalue weighted by Crippen LogP contribution is 2.12. The summed E-state index contributed by atoms with van der Waals surface area (Å²) in [5.74, 6) is 3.33. The summed E-state index contributed by atoms with van der Waals surface area (Å²) < 4.78 is 0. The molecule has 0 radical (unpaired) electrons. The highest BCUT2D eigenvalue weighted by Gasteiger charge is 2.08. The Kier molecular flexibility index (Phi) is 3.10. The Balaban J connectivity index is 2.90. The molecule has 0 fully saturated rings. The van der Waals surface area contributed by atoms with Crippen molar-refractivity contribution >= 4 is 17.4 Å². The van der Waals surface area contributed by atoms with Crippen LogP contribution < -0.4 is 4.90 Å². The van der Waals surface area contributed by atoms with Crippen molar-refractivity contribution in [2.75, 3.05) is 11.9 Å². The van der Waals surface area contributed by atoms with Gasteiger partial charge in [0.25, 0.3) is 0 Å². The Morgan fingerprint density at radius 1 is 1.69 bits per heavy atom. The van der Waals surface area contributed by atoms with Crippen molar-refractivity contribution in [1.29, 1.82) is 0 Å². The molecular formula is C9H10ClN3. The average Bonchev–Trinajstić information content (AvgIpc) is 2.15. The Morgan fingerprint density at radius 2 is 2.38 bits per heavy atom. The number of rotatable bonds is 2. The molecule has 0 bridgehead atoms. The lowest BCUT2D eigenvalue weighted by Crippen LogP contribution is -2.27. The summed E-state index contributed by atoms with van der Waals surface area (Å²) in [6, 6.07) is 1.76. The van der Waals surface area contributed by atoms with Crippen LogP contribution in [0.3, 0.4) is 0 Å². The third-order valence-corrected chi connectivity index (χ3v) is 1.98. The first-order valence-electron chi connectivity index (χ1n) is 3.82. The predicted octanol–water partition coefficient (Wildman–Crippen LogP) is 1.59. The van der Waals surface area contributed by atoms with Gasteiger partial charge >= 0.3 is 0 Å². The quantitative estimate of drug-likeness (QED) is 0.530. The zero-order chi connectivity index (χ0) is 9.84. The van der Waals surface area contributed by atoms with E-state index in [-0.39, 0.29) is 11.3 Å². The number of hydrogen-bond donors (Lipinski definition) is 0. The van der Waals surface area contributed by atoms with Crippen molar-refractivity contribution in [2.45, 2.75) is 13.0 Å². The number of halogens is 1.